The molecule has 2 aromatic carbocycles. The fourth-order valence-electron chi connectivity index (χ4n) is 2.76. The van der Waals surface area contributed by atoms with Gasteiger partial charge in [0.05, 0.1) is 16.7 Å². The Hall–Kier alpha value is -2.86. The van der Waals surface area contributed by atoms with Crippen molar-refractivity contribution in [2.45, 2.75) is 6.42 Å². The summed E-state index contributed by atoms with van der Waals surface area (Å²) < 4.78 is 0. The average molecular weight is 312 g/mol. The van der Waals surface area contributed by atoms with Gasteiger partial charge in [0.25, 0.3) is 0 Å². The van der Waals surface area contributed by atoms with Gasteiger partial charge in [0, 0.05) is 17.8 Å². The first kappa shape index (κ1) is 15.1. The molecule has 0 saturated carbocycles. The average Bonchev–Trinajstić information content (AvgIpc) is 2.54. The second kappa shape index (κ2) is 5.73. The van der Waals surface area contributed by atoms with Gasteiger partial charge in [-0.25, -0.2) is 0 Å². The molecule has 6 heteroatoms. The van der Waals surface area contributed by atoms with Gasteiger partial charge in [-0.1, -0.05) is 12.1 Å². The van der Waals surface area contributed by atoms with Crippen molar-refractivity contribution in [3.63, 3.8) is 0 Å². The van der Waals surface area contributed by atoms with Crippen LogP contribution in [-0.4, -0.2) is 34.9 Å². The molecule has 0 radical (unpaired) electrons. The van der Waals surface area contributed by atoms with Crippen molar-refractivity contribution in [1.29, 1.82) is 0 Å². The van der Waals surface area contributed by atoms with Crippen LogP contribution in [0.2, 0.25) is 0 Å². The topological polar surface area (TPSA) is 113 Å². The van der Waals surface area contributed by atoms with Crippen LogP contribution in [0.1, 0.15) is 38.3 Å². The zero-order valence-electron chi connectivity index (χ0n) is 12.3. The molecule has 118 valence electrons. The molecule has 2 aromatic rings. The number of nitrogens with one attached hydrogen (secondary N) is 1. The molecule has 1 aliphatic rings. The minimum Gasteiger partial charge on any atom is -0.507 e. The molecule has 0 aliphatic heterocycles. The highest BCUT2D eigenvalue weighted by atomic mass is 16.3. The predicted octanol–water partition coefficient (Wildman–Crippen LogP) is 1.63. The highest BCUT2D eigenvalue weighted by Crippen LogP contribution is 2.39. The maximum absolute atomic E-state index is 12.8. The smallest absolute Gasteiger partial charge is 0.200 e. The normalized spacial score (nSPS) is 12.7. The SMILES string of the molecule is NCCCNc1cccc2c1C(=O)c1c(O)ccc(O)c1C2=O. The first-order valence-corrected chi connectivity index (χ1v) is 7.27. The molecule has 0 bridgehead atoms. The van der Waals surface area contributed by atoms with Crippen molar-refractivity contribution >= 4 is 17.3 Å². The molecule has 0 atom stereocenters. The highest BCUT2D eigenvalue weighted by molar-refractivity contribution is 6.31. The molecule has 1 aliphatic carbocycles. The van der Waals surface area contributed by atoms with Gasteiger partial charge in [-0.05, 0) is 31.2 Å². The summed E-state index contributed by atoms with van der Waals surface area (Å²) in [5.74, 6) is -1.61. The first-order chi connectivity index (χ1) is 11.1. The van der Waals surface area contributed by atoms with Crippen LogP contribution >= 0.6 is 0 Å². The van der Waals surface area contributed by atoms with E-state index in [9.17, 15) is 19.8 Å². The fraction of sp³-hybridized carbons (Fsp3) is 0.176. The van der Waals surface area contributed by atoms with Crippen LogP contribution in [0.15, 0.2) is 30.3 Å². The monoisotopic (exact) mass is 312 g/mol. The minimum atomic E-state index is -0.487. The number of hydrogen-bond donors (Lipinski definition) is 4. The van der Waals surface area contributed by atoms with E-state index in [1.165, 1.54) is 18.2 Å². The number of phenolic OH excluding ortho intramolecular Hbond substituents is 2. The molecule has 0 fully saturated rings. The third-order valence-electron chi connectivity index (χ3n) is 3.85. The Kier molecular flexibility index (Phi) is 3.75. The van der Waals surface area contributed by atoms with E-state index in [2.05, 4.69) is 5.32 Å². The van der Waals surface area contributed by atoms with Crippen LogP contribution in [-0.2, 0) is 0 Å². The lowest BCUT2D eigenvalue weighted by Gasteiger charge is -2.22. The molecule has 6 nitrogen and oxygen atoms in total. The summed E-state index contributed by atoms with van der Waals surface area (Å²) in [7, 11) is 0. The highest BCUT2D eigenvalue weighted by Gasteiger charge is 2.35. The number of phenols is 2. The number of carbonyl (C=O) groups is 2. The zero-order chi connectivity index (χ0) is 16.6. The van der Waals surface area contributed by atoms with Gasteiger partial charge < -0.3 is 21.3 Å². The van der Waals surface area contributed by atoms with E-state index in [4.69, 9.17) is 5.73 Å². The van der Waals surface area contributed by atoms with Crippen molar-refractivity contribution in [3.05, 3.63) is 52.6 Å². The molecule has 3 rings (SSSR count). The number of benzene rings is 2. The third-order valence-corrected chi connectivity index (χ3v) is 3.85. The molecule has 0 heterocycles. The summed E-state index contributed by atoms with van der Waals surface area (Å²) in [4.78, 5) is 25.4. The van der Waals surface area contributed by atoms with Gasteiger partial charge in [0.15, 0.2) is 11.6 Å². The number of ketones is 2. The molecular weight excluding hydrogens is 296 g/mol. The van der Waals surface area contributed by atoms with Crippen LogP contribution in [0.3, 0.4) is 0 Å². The van der Waals surface area contributed by atoms with E-state index in [0.29, 0.717) is 25.2 Å². The van der Waals surface area contributed by atoms with E-state index in [1.54, 1.807) is 12.1 Å². The van der Waals surface area contributed by atoms with E-state index in [0.717, 1.165) is 0 Å². The van der Waals surface area contributed by atoms with Crippen molar-refractivity contribution < 1.29 is 19.8 Å². The molecule has 5 N–H and O–H groups in total. The summed E-state index contributed by atoms with van der Waals surface area (Å²) in [6, 6.07) is 7.31. The van der Waals surface area contributed by atoms with E-state index >= 15 is 0 Å². The third kappa shape index (κ3) is 2.33. The Morgan fingerprint density at radius 3 is 2.22 bits per heavy atom. The van der Waals surface area contributed by atoms with Crippen molar-refractivity contribution in [3.8, 4) is 11.5 Å². The van der Waals surface area contributed by atoms with Crippen LogP contribution in [0.5, 0.6) is 11.5 Å². The zero-order valence-corrected chi connectivity index (χ0v) is 12.3. The lowest BCUT2D eigenvalue weighted by molar-refractivity contribution is 0.0974. The fourth-order valence-corrected chi connectivity index (χ4v) is 2.76. The van der Waals surface area contributed by atoms with Crippen molar-refractivity contribution in [2.24, 2.45) is 5.73 Å². The second-order valence-electron chi connectivity index (χ2n) is 5.31. The molecular formula is C17H16N2O4. The van der Waals surface area contributed by atoms with Gasteiger partial charge in [0.2, 0.25) is 0 Å². The summed E-state index contributed by atoms with van der Waals surface area (Å²) in [6.07, 6.45) is 0.717. The van der Waals surface area contributed by atoms with Crippen LogP contribution in [0.25, 0.3) is 0 Å². The second-order valence-corrected chi connectivity index (χ2v) is 5.31. The van der Waals surface area contributed by atoms with Crippen LogP contribution in [0.4, 0.5) is 5.69 Å². The number of aromatic hydroxyl groups is 2. The minimum absolute atomic E-state index is 0.151. The lowest BCUT2D eigenvalue weighted by atomic mass is 9.82. The van der Waals surface area contributed by atoms with Crippen molar-refractivity contribution in [2.75, 3.05) is 18.4 Å². The quantitative estimate of drug-likeness (QED) is 0.430. The lowest BCUT2D eigenvalue weighted by Crippen LogP contribution is -2.23. The summed E-state index contributed by atoms with van der Waals surface area (Å²) >= 11 is 0. The van der Waals surface area contributed by atoms with Crippen LogP contribution < -0.4 is 11.1 Å². The van der Waals surface area contributed by atoms with Gasteiger partial charge >= 0.3 is 0 Å². The summed E-state index contributed by atoms with van der Waals surface area (Å²) in [6.45, 7) is 1.07. The molecule has 0 aromatic heterocycles. The van der Waals surface area contributed by atoms with Gasteiger partial charge in [0.1, 0.15) is 11.5 Å². The number of rotatable bonds is 4. The first-order valence-electron chi connectivity index (χ1n) is 7.27. The molecule has 0 spiro atoms. The standard InChI is InChI=1S/C17H16N2O4/c18-7-2-8-19-10-4-1-3-9-13(10)17(23)15-12(21)6-5-11(20)14(15)16(9)22/h1,3-6,19-21H,2,7-8,18H2. The molecule has 0 unspecified atom stereocenters. The van der Waals surface area contributed by atoms with Gasteiger partial charge in [-0.15, -0.1) is 0 Å². The summed E-state index contributed by atoms with van der Waals surface area (Å²) in [5.41, 5.74) is 6.09. The molecule has 23 heavy (non-hydrogen) atoms. The Labute approximate surface area is 132 Å². The van der Waals surface area contributed by atoms with E-state index in [-0.39, 0.29) is 33.8 Å². The Morgan fingerprint density at radius 1 is 0.913 bits per heavy atom. The molecule has 0 amide bonds. The summed E-state index contributed by atoms with van der Waals surface area (Å²) in [5, 5.41) is 23.0. The number of carbonyl (C=O) groups excluding carboxylic acids is 2. The molecule has 0 saturated heterocycles. The number of fused-ring (bicyclic) bond motifs is 2. The number of hydrogen-bond acceptors (Lipinski definition) is 6. The largest absolute Gasteiger partial charge is 0.507 e. The van der Waals surface area contributed by atoms with Crippen molar-refractivity contribution in [1.82, 2.24) is 0 Å². The maximum atomic E-state index is 12.8. The van der Waals surface area contributed by atoms with Crippen LogP contribution in [0, 0.1) is 0 Å². The Bertz CT molecular complexity index is 814. The van der Waals surface area contributed by atoms with Gasteiger partial charge in [-0.2, -0.15) is 0 Å². The Balaban J connectivity index is 2.16. The van der Waals surface area contributed by atoms with E-state index < -0.39 is 11.6 Å². The number of nitrogens with two attached hydrogens (primary N) is 1. The van der Waals surface area contributed by atoms with E-state index in [1.807, 2.05) is 0 Å². The van der Waals surface area contributed by atoms with Gasteiger partial charge in [-0.3, -0.25) is 9.59 Å². The predicted molar refractivity (Wildman–Crippen MR) is 85.2 cm³/mol. The maximum Gasteiger partial charge on any atom is 0.200 e. The number of anilines is 1. The Morgan fingerprint density at radius 2 is 1.57 bits per heavy atom.